The number of rotatable bonds is 6. The van der Waals surface area contributed by atoms with Gasteiger partial charge in [-0.1, -0.05) is 63.8 Å². The van der Waals surface area contributed by atoms with Crippen molar-refractivity contribution in [1.29, 1.82) is 0 Å². The summed E-state index contributed by atoms with van der Waals surface area (Å²) < 4.78 is 0. The second kappa shape index (κ2) is 8.10. The number of benzene rings is 1. The van der Waals surface area contributed by atoms with E-state index in [0.29, 0.717) is 0 Å². The van der Waals surface area contributed by atoms with Crippen molar-refractivity contribution < 1.29 is 10.2 Å². The van der Waals surface area contributed by atoms with Crippen LogP contribution in [0.1, 0.15) is 76.3 Å². The highest BCUT2D eigenvalue weighted by molar-refractivity contribution is 5.43. The summed E-state index contributed by atoms with van der Waals surface area (Å²) in [5, 5.41) is 23.0. The third kappa shape index (κ3) is 4.13. The first kappa shape index (κ1) is 19.4. The average molecular weight is 355 g/mol. The molecule has 2 N–H and O–H groups in total. The van der Waals surface area contributed by atoms with Gasteiger partial charge in [0.2, 0.25) is 0 Å². The molecular weight excluding hydrogens is 320 g/mol. The van der Waals surface area contributed by atoms with Crippen molar-refractivity contribution in [2.75, 3.05) is 0 Å². The van der Waals surface area contributed by atoms with Gasteiger partial charge in [0, 0.05) is 0 Å². The molecule has 2 nitrogen and oxygen atoms in total. The Kier molecular flexibility index (Phi) is 6.04. The van der Waals surface area contributed by atoms with Gasteiger partial charge < -0.3 is 10.2 Å². The van der Waals surface area contributed by atoms with Gasteiger partial charge in [0.15, 0.2) is 0 Å². The molecular formula is C24H34O2. The standard InChI is InChI=1S/C24H34O2/c1-3-5-15-23(25)17-22-14-12-20-9-7-19(8-10-20)11-13-21(23)18-24(22,26)16-6-4-2/h7-10,17-18,25-26H,3-6,11-16H2,1-2H3/t23-,24-/m1/s1. The third-order valence-electron chi connectivity index (χ3n) is 6.15. The maximum atomic E-state index is 11.5. The fourth-order valence-corrected chi connectivity index (χ4v) is 4.38. The number of aliphatic hydroxyl groups is 2. The van der Waals surface area contributed by atoms with E-state index in [-0.39, 0.29) is 0 Å². The van der Waals surface area contributed by atoms with Crippen LogP contribution >= 0.6 is 0 Å². The van der Waals surface area contributed by atoms with Crippen LogP contribution in [0.5, 0.6) is 0 Å². The van der Waals surface area contributed by atoms with E-state index in [0.717, 1.165) is 75.4 Å². The summed E-state index contributed by atoms with van der Waals surface area (Å²) >= 11 is 0. The maximum Gasteiger partial charge on any atom is 0.104 e. The van der Waals surface area contributed by atoms with Crippen LogP contribution in [0.4, 0.5) is 0 Å². The first-order valence-electron chi connectivity index (χ1n) is 10.5. The SMILES string of the molecule is CCCC[C@@]1(O)C=C2CCc3ccc(cc3)CCC1=C[C@]2(O)CCCC. The summed E-state index contributed by atoms with van der Waals surface area (Å²) in [5.74, 6) is 0. The van der Waals surface area contributed by atoms with Crippen LogP contribution in [-0.4, -0.2) is 21.4 Å². The molecule has 0 fully saturated rings. The highest BCUT2D eigenvalue weighted by atomic mass is 16.3. The zero-order valence-corrected chi connectivity index (χ0v) is 16.4. The lowest BCUT2D eigenvalue weighted by Gasteiger charge is -2.41. The predicted octanol–water partition coefficient (Wildman–Crippen LogP) is 5.27. The smallest absolute Gasteiger partial charge is 0.104 e. The molecule has 0 spiro atoms. The quantitative estimate of drug-likeness (QED) is 0.683. The summed E-state index contributed by atoms with van der Waals surface area (Å²) in [6, 6.07) is 8.86. The monoisotopic (exact) mass is 354 g/mol. The van der Waals surface area contributed by atoms with Crippen molar-refractivity contribution in [3.63, 3.8) is 0 Å². The van der Waals surface area contributed by atoms with Crippen LogP contribution in [0.2, 0.25) is 0 Å². The van der Waals surface area contributed by atoms with E-state index in [1.165, 1.54) is 11.1 Å². The van der Waals surface area contributed by atoms with Crippen molar-refractivity contribution in [2.45, 2.75) is 89.3 Å². The normalized spacial score (nSPS) is 28.3. The second-order valence-corrected chi connectivity index (χ2v) is 8.21. The Morgan fingerprint density at radius 2 is 1.08 bits per heavy atom. The van der Waals surface area contributed by atoms with Crippen LogP contribution < -0.4 is 0 Å². The summed E-state index contributed by atoms with van der Waals surface area (Å²) in [7, 11) is 0. The molecule has 6 rings (SSSR count). The van der Waals surface area contributed by atoms with Crippen molar-refractivity contribution >= 4 is 0 Å². The Labute approximate surface area is 158 Å². The maximum absolute atomic E-state index is 11.5. The molecule has 0 saturated heterocycles. The van der Waals surface area contributed by atoms with E-state index in [2.05, 4.69) is 38.1 Å². The number of hydrogen-bond acceptors (Lipinski definition) is 2. The van der Waals surface area contributed by atoms with E-state index < -0.39 is 11.2 Å². The first-order valence-corrected chi connectivity index (χ1v) is 10.5. The minimum Gasteiger partial charge on any atom is -0.381 e. The largest absolute Gasteiger partial charge is 0.381 e. The number of hydrogen-bond donors (Lipinski definition) is 2. The molecule has 2 heteroatoms. The molecule has 0 heterocycles. The van der Waals surface area contributed by atoms with E-state index in [9.17, 15) is 10.2 Å². The van der Waals surface area contributed by atoms with E-state index >= 15 is 0 Å². The first-order chi connectivity index (χ1) is 12.5. The van der Waals surface area contributed by atoms with Gasteiger partial charge in [-0.2, -0.15) is 0 Å². The molecule has 0 saturated carbocycles. The van der Waals surface area contributed by atoms with Gasteiger partial charge in [-0.15, -0.1) is 0 Å². The minimum atomic E-state index is -0.888. The summed E-state index contributed by atoms with van der Waals surface area (Å²) in [5.41, 5.74) is 2.86. The molecule has 26 heavy (non-hydrogen) atoms. The molecule has 1 aromatic rings. The molecule has 142 valence electrons. The Morgan fingerprint density at radius 3 is 1.42 bits per heavy atom. The average Bonchev–Trinajstić information content (AvgIpc) is 2.64. The molecule has 0 radical (unpaired) electrons. The molecule has 0 aromatic heterocycles. The number of aryl methyl sites for hydroxylation is 2. The van der Waals surface area contributed by atoms with Crippen LogP contribution in [0, 0.1) is 0 Å². The van der Waals surface area contributed by atoms with Crippen molar-refractivity contribution in [3.05, 3.63) is 58.7 Å². The van der Waals surface area contributed by atoms with Crippen LogP contribution in [0.15, 0.2) is 47.6 Å². The zero-order chi connectivity index (χ0) is 18.6. The van der Waals surface area contributed by atoms with Gasteiger partial charge in [-0.3, -0.25) is 0 Å². The van der Waals surface area contributed by atoms with Gasteiger partial charge in [0.25, 0.3) is 0 Å². The van der Waals surface area contributed by atoms with Crippen LogP contribution in [0.3, 0.4) is 0 Å². The molecule has 5 aliphatic rings. The van der Waals surface area contributed by atoms with Crippen LogP contribution in [-0.2, 0) is 12.8 Å². The molecule has 1 aromatic carbocycles. The Hall–Kier alpha value is -1.38. The van der Waals surface area contributed by atoms with E-state index in [1.807, 2.05) is 12.2 Å². The fourth-order valence-electron chi connectivity index (χ4n) is 4.38. The molecule has 5 aliphatic carbocycles. The van der Waals surface area contributed by atoms with Crippen molar-refractivity contribution in [3.8, 4) is 0 Å². The van der Waals surface area contributed by atoms with Gasteiger partial charge in [0.1, 0.15) is 11.2 Å². The fraction of sp³-hybridized carbons (Fsp3) is 0.583. The molecule has 0 unspecified atom stereocenters. The third-order valence-corrected chi connectivity index (χ3v) is 6.15. The minimum absolute atomic E-state index is 0.750. The second-order valence-electron chi connectivity index (χ2n) is 8.21. The van der Waals surface area contributed by atoms with Crippen LogP contribution in [0.25, 0.3) is 0 Å². The lowest BCUT2D eigenvalue weighted by Crippen LogP contribution is -2.41. The Morgan fingerprint density at radius 1 is 0.692 bits per heavy atom. The lowest BCUT2D eigenvalue weighted by molar-refractivity contribution is 0.0710. The Balaban J connectivity index is 2.01. The molecule has 2 atom stereocenters. The topological polar surface area (TPSA) is 40.5 Å². The van der Waals surface area contributed by atoms with E-state index in [4.69, 9.17) is 0 Å². The molecule has 4 bridgehead atoms. The molecule has 0 amide bonds. The number of unbranched alkanes of at least 4 members (excludes halogenated alkanes) is 2. The highest BCUT2D eigenvalue weighted by Gasteiger charge is 2.40. The summed E-state index contributed by atoms with van der Waals surface area (Å²) in [4.78, 5) is 0. The predicted molar refractivity (Wildman–Crippen MR) is 108 cm³/mol. The zero-order valence-electron chi connectivity index (χ0n) is 16.4. The highest BCUT2D eigenvalue weighted by Crippen LogP contribution is 2.42. The summed E-state index contributed by atoms with van der Waals surface area (Å²) in [6.45, 7) is 4.33. The van der Waals surface area contributed by atoms with Gasteiger partial charge in [-0.05, 0) is 73.0 Å². The molecule has 0 aliphatic heterocycles. The Bertz CT molecular complexity index is 611. The van der Waals surface area contributed by atoms with Crippen molar-refractivity contribution in [1.82, 2.24) is 0 Å². The lowest BCUT2D eigenvalue weighted by atomic mass is 9.71. The van der Waals surface area contributed by atoms with Gasteiger partial charge in [0.05, 0.1) is 0 Å². The summed E-state index contributed by atoms with van der Waals surface area (Å²) in [6.07, 6.45) is 13.1. The van der Waals surface area contributed by atoms with Gasteiger partial charge >= 0.3 is 0 Å². The van der Waals surface area contributed by atoms with E-state index in [1.54, 1.807) is 0 Å². The van der Waals surface area contributed by atoms with Crippen molar-refractivity contribution in [2.24, 2.45) is 0 Å². The van der Waals surface area contributed by atoms with Gasteiger partial charge in [-0.25, -0.2) is 0 Å².